The van der Waals surface area contributed by atoms with Crippen molar-refractivity contribution in [3.8, 4) is 5.75 Å². The number of carbonyl (C=O) groups is 2. The van der Waals surface area contributed by atoms with E-state index in [1.807, 2.05) is 25.1 Å². The van der Waals surface area contributed by atoms with Crippen LogP contribution in [0.1, 0.15) is 22.7 Å². The van der Waals surface area contributed by atoms with Gasteiger partial charge in [-0.3, -0.25) is 19.5 Å². The number of Topliss-reactive ketones (excluding diaryl/α,β-unsaturated/α-hetero) is 1. The molecule has 0 radical (unpaired) electrons. The number of imidazole rings is 1. The van der Waals surface area contributed by atoms with Gasteiger partial charge in [0.25, 0.3) is 5.78 Å². The monoisotopic (exact) mass is 474 g/mol. The molecule has 3 heterocycles. The number of aromatic amines is 1. The average molecular weight is 475 g/mol. The number of aromatic nitrogens is 3. The van der Waals surface area contributed by atoms with Crippen LogP contribution < -0.4 is 9.64 Å². The number of hydrogen-bond acceptors (Lipinski definition) is 6. The van der Waals surface area contributed by atoms with Crippen LogP contribution in [0, 0.1) is 6.92 Å². The Balaban J connectivity index is 1.72. The third-order valence-electron chi connectivity index (χ3n) is 5.74. The van der Waals surface area contributed by atoms with Crippen LogP contribution in [-0.4, -0.2) is 38.9 Å². The number of pyridine rings is 1. The lowest BCUT2D eigenvalue weighted by Gasteiger charge is -2.22. The molecule has 1 aliphatic rings. The molecule has 1 unspecified atom stereocenters. The fraction of sp³-hybridized carbons (Fsp3) is 0.120. The maximum atomic E-state index is 13.3. The van der Waals surface area contributed by atoms with Crippen molar-refractivity contribution < 1.29 is 19.4 Å². The highest BCUT2D eigenvalue weighted by Crippen LogP contribution is 2.42. The van der Waals surface area contributed by atoms with E-state index in [4.69, 9.17) is 16.3 Å². The summed E-state index contributed by atoms with van der Waals surface area (Å²) in [5.74, 6) is -1.44. The Kier molecular flexibility index (Phi) is 5.30. The molecule has 0 spiro atoms. The highest BCUT2D eigenvalue weighted by Gasteiger charge is 2.48. The third kappa shape index (κ3) is 3.48. The number of anilines is 1. The van der Waals surface area contributed by atoms with Gasteiger partial charge < -0.3 is 14.8 Å². The average Bonchev–Trinajstić information content (AvgIpc) is 3.37. The molecule has 34 heavy (non-hydrogen) atoms. The van der Waals surface area contributed by atoms with Crippen LogP contribution in [0.2, 0.25) is 5.02 Å². The number of methoxy groups -OCH3 is 1. The van der Waals surface area contributed by atoms with Crippen molar-refractivity contribution in [2.45, 2.75) is 13.0 Å². The number of nitrogens with zero attached hydrogens (tertiary/aromatic N) is 3. The van der Waals surface area contributed by atoms with Gasteiger partial charge in [0.2, 0.25) is 5.95 Å². The fourth-order valence-corrected chi connectivity index (χ4v) is 4.29. The van der Waals surface area contributed by atoms with Gasteiger partial charge in [0.1, 0.15) is 11.5 Å². The Labute approximate surface area is 199 Å². The van der Waals surface area contributed by atoms with E-state index in [2.05, 4.69) is 15.0 Å². The number of aliphatic hydroxyl groups excluding tert-OH is 1. The van der Waals surface area contributed by atoms with Crippen molar-refractivity contribution >= 4 is 46.0 Å². The first-order valence-corrected chi connectivity index (χ1v) is 10.8. The minimum absolute atomic E-state index is 0.0720. The smallest absolute Gasteiger partial charge is 0.302 e. The predicted molar refractivity (Wildman–Crippen MR) is 128 cm³/mol. The van der Waals surface area contributed by atoms with Gasteiger partial charge in [-0.25, -0.2) is 4.98 Å². The van der Waals surface area contributed by atoms with Crippen molar-refractivity contribution in [1.82, 2.24) is 15.0 Å². The zero-order valence-electron chi connectivity index (χ0n) is 18.2. The van der Waals surface area contributed by atoms with Crippen molar-refractivity contribution in [3.63, 3.8) is 0 Å². The molecule has 9 heteroatoms. The van der Waals surface area contributed by atoms with Crippen molar-refractivity contribution in [1.29, 1.82) is 0 Å². The van der Waals surface area contributed by atoms with Gasteiger partial charge in [-0.05, 0) is 60.5 Å². The molecule has 4 aromatic rings. The summed E-state index contributed by atoms with van der Waals surface area (Å²) in [6.45, 7) is 1.95. The van der Waals surface area contributed by atoms with E-state index >= 15 is 0 Å². The molecular weight excluding hydrogens is 456 g/mol. The number of amides is 1. The molecule has 1 saturated heterocycles. The van der Waals surface area contributed by atoms with E-state index in [0.29, 0.717) is 27.4 Å². The summed E-state index contributed by atoms with van der Waals surface area (Å²) in [5, 5.41) is 11.6. The van der Waals surface area contributed by atoms with E-state index in [9.17, 15) is 14.7 Å². The van der Waals surface area contributed by atoms with Crippen molar-refractivity contribution in [3.05, 3.63) is 88.2 Å². The summed E-state index contributed by atoms with van der Waals surface area (Å²) in [5.41, 5.74) is 3.21. The number of H-pyrrole nitrogens is 1. The Morgan fingerprint density at radius 2 is 1.88 bits per heavy atom. The summed E-state index contributed by atoms with van der Waals surface area (Å²) in [7, 11) is 1.45. The maximum absolute atomic E-state index is 13.3. The van der Waals surface area contributed by atoms with Gasteiger partial charge >= 0.3 is 5.91 Å². The van der Waals surface area contributed by atoms with Crippen molar-refractivity contribution in [2.24, 2.45) is 0 Å². The topological polar surface area (TPSA) is 108 Å². The first-order chi connectivity index (χ1) is 16.4. The van der Waals surface area contributed by atoms with Crippen LogP contribution >= 0.6 is 11.6 Å². The summed E-state index contributed by atoms with van der Waals surface area (Å²) < 4.78 is 5.24. The predicted octanol–water partition coefficient (Wildman–Crippen LogP) is 4.55. The van der Waals surface area contributed by atoms with Crippen LogP contribution in [0.5, 0.6) is 5.75 Å². The molecule has 0 saturated carbocycles. The van der Waals surface area contributed by atoms with Crippen molar-refractivity contribution in [2.75, 3.05) is 12.0 Å². The quantitative estimate of drug-likeness (QED) is 0.255. The number of carbonyl (C=O) groups excluding carboxylic acids is 2. The fourth-order valence-electron chi connectivity index (χ4n) is 4.10. The number of nitrogens with one attached hydrogen (secondary N) is 1. The number of aryl methyl sites for hydroxylation is 1. The van der Waals surface area contributed by atoms with E-state index in [1.54, 1.807) is 36.7 Å². The van der Waals surface area contributed by atoms with Crippen LogP contribution in [-0.2, 0) is 9.59 Å². The largest absolute Gasteiger partial charge is 0.507 e. The summed E-state index contributed by atoms with van der Waals surface area (Å²) in [6, 6.07) is 12.7. The highest BCUT2D eigenvalue weighted by atomic mass is 35.5. The zero-order valence-corrected chi connectivity index (χ0v) is 19.0. The van der Waals surface area contributed by atoms with Crippen LogP contribution in [0.15, 0.2) is 66.5 Å². The molecule has 1 atom stereocenters. The lowest BCUT2D eigenvalue weighted by Crippen LogP contribution is -2.30. The Bertz CT molecular complexity index is 1480. The molecule has 2 N–H and O–H groups in total. The van der Waals surface area contributed by atoms with Gasteiger partial charge in [-0.15, -0.1) is 0 Å². The van der Waals surface area contributed by atoms with E-state index < -0.39 is 17.7 Å². The van der Waals surface area contributed by atoms with E-state index in [-0.39, 0.29) is 17.3 Å². The molecule has 1 aliphatic heterocycles. The molecule has 1 fully saturated rings. The first kappa shape index (κ1) is 21.7. The number of aliphatic hydroxyl groups is 1. The number of fused-ring (bicyclic) bond motifs is 1. The number of ether oxygens (including phenoxy) is 1. The van der Waals surface area contributed by atoms with Crippen LogP contribution in [0.3, 0.4) is 0 Å². The zero-order chi connectivity index (χ0) is 24.0. The van der Waals surface area contributed by atoms with Gasteiger partial charge in [-0.2, -0.15) is 0 Å². The Morgan fingerprint density at radius 3 is 2.62 bits per heavy atom. The normalized spacial score (nSPS) is 17.5. The van der Waals surface area contributed by atoms with Gasteiger partial charge in [0, 0.05) is 18.0 Å². The third-order valence-corrected chi connectivity index (χ3v) is 6.06. The second-order valence-electron chi connectivity index (χ2n) is 7.88. The minimum Gasteiger partial charge on any atom is -0.507 e. The molecular formula is C25H19ClN4O4. The second kappa shape index (κ2) is 8.31. The Hall–Kier alpha value is -4.17. The van der Waals surface area contributed by atoms with Gasteiger partial charge in [0.15, 0.2) is 0 Å². The molecule has 0 bridgehead atoms. The number of benzene rings is 2. The summed E-state index contributed by atoms with van der Waals surface area (Å²) in [4.78, 5) is 39.5. The second-order valence-corrected chi connectivity index (χ2v) is 8.29. The molecule has 1 amide bonds. The highest BCUT2D eigenvalue weighted by molar-refractivity contribution is 6.51. The lowest BCUT2D eigenvalue weighted by atomic mass is 9.96. The summed E-state index contributed by atoms with van der Waals surface area (Å²) in [6.07, 6.45) is 3.12. The Morgan fingerprint density at radius 1 is 1.12 bits per heavy atom. The van der Waals surface area contributed by atoms with Crippen LogP contribution in [0.25, 0.3) is 16.8 Å². The van der Waals surface area contributed by atoms with E-state index in [0.717, 1.165) is 11.1 Å². The number of ketones is 1. The molecule has 5 rings (SSSR count). The molecule has 2 aromatic heterocycles. The van der Waals surface area contributed by atoms with E-state index in [1.165, 1.54) is 18.1 Å². The SMILES string of the molecule is COc1cc(/C(O)=C2\C(=O)C(=O)N(c3nc4ccc(C)cc4[nH]3)C2c2ccncc2)ccc1Cl. The molecule has 2 aromatic carbocycles. The molecule has 170 valence electrons. The van der Waals surface area contributed by atoms with Crippen LogP contribution in [0.4, 0.5) is 5.95 Å². The minimum atomic E-state index is -0.925. The lowest BCUT2D eigenvalue weighted by molar-refractivity contribution is -0.132. The van der Waals surface area contributed by atoms with Gasteiger partial charge in [0.05, 0.1) is 34.8 Å². The maximum Gasteiger partial charge on any atom is 0.302 e. The number of rotatable bonds is 4. The molecule has 0 aliphatic carbocycles. The molecule has 8 nitrogen and oxygen atoms in total. The number of hydrogen-bond donors (Lipinski definition) is 2. The van der Waals surface area contributed by atoms with Gasteiger partial charge in [-0.1, -0.05) is 17.7 Å². The number of halogens is 1. The first-order valence-electron chi connectivity index (χ1n) is 10.4. The summed E-state index contributed by atoms with van der Waals surface area (Å²) >= 11 is 6.12. The standard InChI is InChI=1S/C25H19ClN4O4/c1-13-3-6-17-18(11-13)29-25(28-17)30-21(14-7-9-27-10-8-14)20(23(32)24(30)33)22(31)15-4-5-16(26)19(12-15)34-2/h3-12,21,31H,1-2H3,(H,28,29)/b22-20+.